The third kappa shape index (κ3) is 5.47. The van der Waals surface area contributed by atoms with Crippen LogP contribution in [-0.2, 0) is 4.79 Å². The van der Waals surface area contributed by atoms with Crippen molar-refractivity contribution in [3.8, 4) is 28.6 Å². The first-order chi connectivity index (χ1) is 16.5. The molecule has 3 aromatic carbocycles. The van der Waals surface area contributed by atoms with Crippen LogP contribution in [0.5, 0.6) is 11.5 Å². The minimum Gasteiger partial charge on any atom is -0.493 e. The van der Waals surface area contributed by atoms with Crippen molar-refractivity contribution in [2.24, 2.45) is 0 Å². The topological polar surface area (TPSA) is 78.3 Å². The van der Waals surface area contributed by atoms with E-state index in [4.69, 9.17) is 32.7 Å². The number of rotatable bonds is 8. The highest BCUT2D eigenvalue weighted by Crippen LogP contribution is 2.31. The molecule has 7 nitrogen and oxygen atoms in total. The summed E-state index contributed by atoms with van der Waals surface area (Å²) in [6, 6.07) is 19.9. The van der Waals surface area contributed by atoms with Gasteiger partial charge >= 0.3 is 0 Å². The van der Waals surface area contributed by atoms with Gasteiger partial charge in [-0.3, -0.25) is 9.36 Å². The van der Waals surface area contributed by atoms with Crippen LogP contribution in [0.15, 0.2) is 71.9 Å². The lowest BCUT2D eigenvalue weighted by Gasteiger charge is -2.12. The van der Waals surface area contributed by atoms with E-state index in [1.165, 1.54) is 11.8 Å². The zero-order valence-corrected chi connectivity index (χ0v) is 20.6. The van der Waals surface area contributed by atoms with Gasteiger partial charge in [0.25, 0.3) is 0 Å². The Hall–Kier alpha value is -3.20. The van der Waals surface area contributed by atoms with Crippen molar-refractivity contribution in [3.05, 3.63) is 76.8 Å². The van der Waals surface area contributed by atoms with E-state index in [2.05, 4.69) is 15.5 Å². The lowest BCUT2D eigenvalue weighted by atomic mass is 10.2. The van der Waals surface area contributed by atoms with Gasteiger partial charge in [-0.05, 0) is 48.5 Å². The van der Waals surface area contributed by atoms with Gasteiger partial charge in [0, 0.05) is 33.0 Å². The van der Waals surface area contributed by atoms with Gasteiger partial charge in [0.15, 0.2) is 22.5 Å². The molecule has 0 radical (unpaired) electrons. The monoisotopic (exact) mass is 514 g/mol. The summed E-state index contributed by atoms with van der Waals surface area (Å²) >= 11 is 13.5. The molecule has 0 bridgehead atoms. The molecule has 174 valence electrons. The molecule has 0 aliphatic rings. The molecule has 4 rings (SSSR count). The zero-order chi connectivity index (χ0) is 24.1. The number of methoxy groups -OCH3 is 2. The first kappa shape index (κ1) is 23.9. The van der Waals surface area contributed by atoms with Gasteiger partial charge in [0.05, 0.1) is 20.0 Å². The Labute approximate surface area is 211 Å². The van der Waals surface area contributed by atoms with E-state index in [1.807, 2.05) is 34.9 Å². The van der Waals surface area contributed by atoms with Crippen molar-refractivity contribution < 1.29 is 14.3 Å². The van der Waals surface area contributed by atoms with Gasteiger partial charge in [-0.1, -0.05) is 47.1 Å². The van der Waals surface area contributed by atoms with Crippen LogP contribution in [0.1, 0.15) is 0 Å². The Morgan fingerprint density at radius 1 is 0.941 bits per heavy atom. The molecule has 1 amide bonds. The van der Waals surface area contributed by atoms with Crippen molar-refractivity contribution in [3.63, 3.8) is 0 Å². The first-order valence-corrected chi connectivity index (χ1v) is 11.8. The van der Waals surface area contributed by atoms with Gasteiger partial charge in [-0.15, -0.1) is 10.2 Å². The number of hydrogen-bond donors (Lipinski definition) is 1. The molecule has 1 aromatic heterocycles. The number of benzene rings is 3. The molecule has 4 aromatic rings. The number of aromatic nitrogens is 3. The quantitative estimate of drug-likeness (QED) is 0.291. The summed E-state index contributed by atoms with van der Waals surface area (Å²) in [4.78, 5) is 12.7. The van der Waals surface area contributed by atoms with Crippen molar-refractivity contribution in [2.45, 2.75) is 5.16 Å². The number of halogens is 2. The lowest BCUT2D eigenvalue weighted by molar-refractivity contribution is -0.113. The number of carbonyl (C=O) groups excluding carboxylic acids is 1. The van der Waals surface area contributed by atoms with Gasteiger partial charge in [-0.25, -0.2) is 0 Å². The van der Waals surface area contributed by atoms with E-state index in [-0.39, 0.29) is 11.7 Å². The fraction of sp³-hybridized carbons (Fsp3) is 0.125. The van der Waals surface area contributed by atoms with Crippen molar-refractivity contribution in [1.82, 2.24) is 14.8 Å². The molecule has 0 saturated carbocycles. The smallest absolute Gasteiger partial charge is 0.234 e. The van der Waals surface area contributed by atoms with Crippen LogP contribution in [-0.4, -0.2) is 40.6 Å². The summed E-state index contributed by atoms with van der Waals surface area (Å²) < 4.78 is 12.4. The number of nitrogens with one attached hydrogen (secondary N) is 1. The van der Waals surface area contributed by atoms with E-state index < -0.39 is 0 Å². The molecular weight excluding hydrogens is 495 g/mol. The maximum Gasteiger partial charge on any atom is 0.234 e. The number of thioether (sulfide) groups is 1. The number of ether oxygens (including phenoxy) is 2. The maximum absolute atomic E-state index is 12.7. The minimum absolute atomic E-state index is 0.121. The summed E-state index contributed by atoms with van der Waals surface area (Å²) in [5.41, 5.74) is 2.21. The van der Waals surface area contributed by atoms with Crippen molar-refractivity contribution in [2.75, 3.05) is 25.3 Å². The van der Waals surface area contributed by atoms with Crippen LogP contribution < -0.4 is 14.8 Å². The van der Waals surface area contributed by atoms with Crippen molar-refractivity contribution >= 4 is 46.6 Å². The van der Waals surface area contributed by atoms with Gasteiger partial charge in [-0.2, -0.15) is 0 Å². The molecule has 34 heavy (non-hydrogen) atoms. The van der Waals surface area contributed by atoms with Crippen LogP contribution in [0.2, 0.25) is 10.0 Å². The second-order valence-corrected chi connectivity index (χ2v) is 8.85. The predicted octanol–water partition coefficient (Wildman–Crippen LogP) is 5.99. The number of amides is 1. The molecule has 0 aliphatic carbocycles. The van der Waals surface area contributed by atoms with Crippen LogP contribution in [0.25, 0.3) is 17.1 Å². The molecule has 10 heteroatoms. The minimum atomic E-state index is -0.202. The van der Waals surface area contributed by atoms with E-state index in [0.29, 0.717) is 38.2 Å². The zero-order valence-electron chi connectivity index (χ0n) is 18.3. The predicted molar refractivity (Wildman–Crippen MR) is 136 cm³/mol. The van der Waals surface area contributed by atoms with Crippen LogP contribution in [0, 0.1) is 0 Å². The van der Waals surface area contributed by atoms with Crippen LogP contribution >= 0.6 is 35.0 Å². The highest BCUT2D eigenvalue weighted by molar-refractivity contribution is 7.99. The molecule has 0 unspecified atom stereocenters. The summed E-state index contributed by atoms with van der Waals surface area (Å²) in [5, 5.41) is 13.3. The lowest BCUT2D eigenvalue weighted by Crippen LogP contribution is -2.14. The molecular formula is C24H20Cl2N4O3S. The average molecular weight is 515 g/mol. The van der Waals surface area contributed by atoms with Gasteiger partial charge in [0.2, 0.25) is 5.91 Å². The van der Waals surface area contributed by atoms with Crippen LogP contribution in [0.3, 0.4) is 0 Å². The number of carbonyl (C=O) groups is 1. The average Bonchev–Trinajstić information content (AvgIpc) is 3.27. The van der Waals surface area contributed by atoms with E-state index in [9.17, 15) is 4.79 Å². The highest BCUT2D eigenvalue weighted by Gasteiger charge is 2.18. The third-order valence-corrected chi connectivity index (χ3v) is 6.22. The summed E-state index contributed by atoms with van der Waals surface area (Å²) in [5.74, 6) is 1.64. The Kier molecular flexibility index (Phi) is 7.62. The van der Waals surface area contributed by atoms with Gasteiger partial charge in [0.1, 0.15) is 0 Å². The third-order valence-electron chi connectivity index (χ3n) is 4.80. The fourth-order valence-electron chi connectivity index (χ4n) is 3.24. The number of hydrogen-bond acceptors (Lipinski definition) is 6. The standard InChI is InChI=1S/C24H20Cl2N4O3S/c1-32-20-11-8-18(13-21(20)33-2)27-22(31)14-34-24-29-28-23(15-4-3-5-17(26)12-15)30(24)19-9-6-16(25)7-10-19/h3-13H,14H2,1-2H3,(H,27,31). The first-order valence-electron chi connectivity index (χ1n) is 10.1. The van der Waals surface area contributed by atoms with Crippen LogP contribution in [0.4, 0.5) is 5.69 Å². The molecule has 0 fully saturated rings. The Morgan fingerprint density at radius 3 is 2.41 bits per heavy atom. The van der Waals surface area contributed by atoms with E-state index in [0.717, 1.165) is 11.3 Å². The molecule has 1 heterocycles. The Bertz CT molecular complexity index is 1310. The molecule has 0 atom stereocenters. The molecule has 0 aliphatic heterocycles. The molecule has 1 N–H and O–H groups in total. The van der Waals surface area contributed by atoms with Crippen molar-refractivity contribution in [1.29, 1.82) is 0 Å². The SMILES string of the molecule is COc1ccc(NC(=O)CSc2nnc(-c3cccc(Cl)c3)n2-c2ccc(Cl)cc2)cc1OC. The molecule has 0 saturated heterocycles. The summed E-state index contributed by atoms with van der Waals surface area (Å²) in [7, 11) is 3.10. The number of nitrogens with zero attached hydrogens (tertiary/aromatic N) is 3. The second-order valence-electron chi connectivity index (χ2n) is 7.03. The normalized spacial score (nSPS) is 10.7. The number of anilines is 1. The van der Waals surface area contributed by atoms with E-state index >= 15 is 0 Å². The molecule has 0 spiro atoms. The Balaban J connectivity index is 1.57. The Morgan fingerprint density at radius 2 is 1.71 bits per heavy atom. The fourth-order valence-corrected chi connectivity index (χ4v) is 4.31. The highest BCUT2D eigenvalue weighted by atomic mass is 35.5. The maximum atomic E-state index is 12.7. The van der Waals surface area contributed by atoms with Gasteiger partial charge < -0.3 is 14.8 Å². The second kappa shape index (κ2) is 10.8. The summed E-state index contributed by atoms with van der Waals surface area (Å²) in [6.07, 6.45) is 0. The van der Waals surface area contributed by atoms with E-state index in [1.54, 1.807) is 50.6 Å². The summed E-state index contributed by atoms with van der Waals surface area (Å²) in [6.45, 7) is 0. The largest absolute Gasteiger partial charge is 0.493 e.